The smallest absolute Gasteiger partial charge is 0.247 e. The number of likely N-dealkylation sites (tertiary alicyclic amines) is 1. The van der Waals surface area contributed by atoms with Crippen molar-refractivity contribution in [3.63, 3.8) is 0 Å². The topological polar surface area (TPSA) is 453 Å². The number of aliphatic hydroxyl groups excluding tert-OH is 1. The van der Waals surface area contributed by atoms with Gasteiger partial charge in [-0.3, -0.25) is 57.7 Å². The number of aromatic hydroxyl groups is 1. The van der Waals surface area contributed by atoms with Crippen LogP contribution in [0.1, 0.15) is 75.1 Å². The standard InChI is InChI=1S/C69H85FN16O13/c1-38(2)29-51(60(91)78-50(15-8-26-74-69(72)73)68(99)86-28-10-16-57(86)66(97)77-36-59(71)90)79-63(94)54(32-42-34-75-48-13-6-4-11-46(42)48)81-61(92)52(31-41-20-24-45(89)25-21-41)80-65(96)56(37-87)84-64(95)55(33-43-35-76-49-14-7-5-12-47(43)49)82-62(93)53(30-40-18-22-44(70)23-19-40)83-67(98)58-17-9-27-85(58)39(3)88/h4-7,9,11-14,17-25,34-35,38,50-58,75-76,87,89H,8,10,15-16,26-33,36-37H2,1-3H3,(H2,71,90)(H,77,97)(H,78,91)(H,79,94)(H,80,96)(H,81,92)(H,82,93)(H,83,98)(H,84,95)(H4,72,73,74)/t50-,51-,52-,53+,54+,55+,56-,57+,58-/m0/s1. The highest BCUT2D eigenvalue weighted by Gasteiger charge is 2.40. The van der Waals surface area contributed by atoms with Crippen molar-refractivity contribution < 1.29 is 67.3 Å². The molecule has 2 aliphatic rings. The van der Waals surface area contributed by atoms with Crippen molar-refractivity contribution in [3.8, 4) is 5.75 Å². The molecule has 1 fully saturated rings. The maximum Gasteiger partial charge on any atom is 0.247 e. The van der Waals surface area contributed by atoms with Gasteiger partial charge in [-0.2, -0.15) is 0 Å². The summed E-state index contributed by atoms with van der Waals surface area (Å²) in [5.74, 6) is -9.97. The number of primary amides is 1. The molecule has 2 aliphatic heterocycles. The van der Waals surface area contributed by atoms with Gasteiger partial charge in [-0.25, -0.2) is 4.39 Å². The molecule has 30 heteroatoms. The van der Waals surface area contributed by atoms with Crippen LogP contribution in [0.25, 0.3) is 21.8 Å². The van der Waals surface area contributed by atoms with Crippen molar-refractivity contribution >= 4 is 92.7 Å². The van der Waals surface area contributed by atoms with Gasteiger partial charge in [0.2, 0.25) is 65.0 Å². The van der Waals surface area contributed by atoms with Crippen LogP contribution in [0.2, 0.25) is 0 Å². The Balaban J connectivity index is 1.06. The van der Waals surface area contributed by atoms with Gasteiger partial charge in [-0.15, -0.1) is 0 Å². The van der Waals surface area contributed by atoms with Crippen molar-refractivity contribution in [2.45, 2.75) is 133 Å². The minimum Gasteiger partial charge on any atom is -0.508 e. The second-order valence-corrected chi connectivity index (χ2v) is 24.9. The molecule has 18 N–H and O–H groups in total. The molecule has 0 aliphatic carbocycles. The highest BCUT2D eigenvalue weighted by molar-refractivity contribution is 6.00. The monoisotopic (exact) mass is 1360 g/mol. The predicted molar refractivity (Wildman–Crippen MR) is 363 cm³/mol. The van der Waals surface area contributed by atoms with Gasteiger partial charge in [0.05, 0.1) is 13.2 Å². The molecule has 0 unspecified atom stereocenters. The van der Waals surface area contributed by atoms with E-state index in [4.69, 9.17) is 17.2 Å². The Morgan fingerprint density at radius 3 is 1.62 bits per heavy atom. The van der Waals surface area contributed by atoms with Crippen molar-refractivity contribution in [2.24, 2.45) is 28.1 Å². The van der Waals surface area contributed by atoms with Crippen LogP contribution in [0, 0.1) is 11.7 Å². The third-order valence-electron chi connectivity index (χ3n) is 17.1. The number of aromatic nitrogens is 2. The molecule has 4 aromatic carbocycles. The lowest BCUT2D eigenvalue weighted by molar-refractivity contribution is -0.142. The number of amides is 11. The van der Waals surface area contributed by atoms with Gasteiger partial charge < -0.3 is 89.7 Å². The Morgan fingerprint density at radius 2 is 1.09 bits per heavy atom. The molecule has 11 amide bonds. The number of hydrogen-bond donors (Lipinski definition) is 15. The number of halogens is 1. The maximum absolute atomic E-state index is 15.2. The molecule has 0 saturated carbocycles. The van der Waals surface area contributed by atoms with Crippen molar-refractivity contribution in [1.82, 2.24) is 62.3 Å². The highest BCUT2D eigenvalue weighted by atomic mass is 19.1. The van der Waals surface area contributed by atoms with Crippen LogP contribution >= 0.6 is 0 Å². The Morgan fingerprint density at radius 1 is 0.606 bits per heavy atom. The van der Waals surface area contributed by atoms with E-state index in [2.05, 4.69) is 57.5 Å². The summed E-state index contributed by atoms with van der Waals surface area (Å²) in [5, 5.41) is 44.0. The number of benzene rings is 4. The number of fused-ring (bicyclic) bond motifs is 2. The minimum atomic E-state index is -1.84. The number of aliphatic imine (C=N–C) groups is 1. The van der Waals surface area contributed by atoms with E-state index >= 15 is 9.59 Å². The molecule has 6 aromatic rings. The van der Waals surface area contributed by atoms with Gasteiger partial charge in [0.1, 0.15) is 65.9 Å². The zero-order valence-electron chi connectivity index (χ0n) is 55.1. The van der Waals surface area contributed by atoms with Crippen LogP contribution in [-0.2, 0) is 78.4 Å². The maximum atomic E-state index is 15.2. The van der Waals surface area contributed by atoms with E-state index in [0.717, 1.165) is 0 Å². The number of para-hydroxylation sites is 2. The van der Waals surface area contributed by atoms with E-state index in [9.17, 15) is 57.8 Å². The summed E-state index contributed by atoms with van der Waals surface area (Å²) < 4.78 is 14.2. The van der Waals surface area contributed by atoms with Crippen LogP contribution < -0.4 is 59.7 Å². The number of aromatic amines is 2. The lowest BCUT2D eigenvalue weighted by atomic mass is 9.99. The number of nitrogens with one attached hydrogen (secondary N) is 10. The largest absolute Gasteiger partial charge is 0.508 e. The summed E-state index contributed by atoms with van der Waals surface area (Å²) in [6.07, 6.45) is 6.29. The molecule has 526 valence electrons. The molecular formula is C69H85FN16O13. The number of rotatable bonds is 33. The van der Waals surface area contributed by atoms with E-state index in [1.54, 1.807) is 80.8 Å². The van der Waals surface area contributed by atoms with Crippen molar-refractivity contribution in [3.05, 3.63) is 150 Å². The summed E-state index contributed by atoms with van der Waals surface area (Å²) in [5.41, 5.74) is 19.7. The fourth-order valence-electron chi connectivity index (χ4n) is 12.0. The quantitative estimate of drug-likeness (QED) is 0.0108. The Hall–Kier alpha value is -11.2. The van der Waals surface area contributed by atoms with Crippen molar-refractivity contribution in [2.75, 3.05) is 32.8 Å². The molecule has 0 radical (unpaired) electrons. The zero-order chi connectivity index (χ0) is 71.4. The normalized spacial score (nSPS) is 16.3. The fraction of sp³-hybridized carbons (Fsp3) is 0.391. The first-order valence-electron chi connectivity index (χ1n) is 32.6. The molecule has 29 nitrogen and oxygen atoms in total. The fourth-order valence-corrected chi connectivity index (χ4v) is 12.0. The lowest BCUT2D eigenvalue weighted by Crippen LogP contribution is -2.61. The summed E-state index contributed by atoms with van der Waals surface area (Å²) >= 11 is 0. The molecular weight excluding hydrogens is 1280 g/mol. The van der Waals surface area contributed by atoms with Crippen LogP contribution in [-0.4, -0.2) is 188 Å². The Labute approximate surface area is 569 Å². The van der Waals surface area contributed by atoms with E-state index < -0.39 is 138 Å². The number of carbonyl (C=O) groups is 11. The Bertz CT molecular complexity index is 3960. The summed E-state index contributed by atoms with van der Waals surface area (Å²) in [6, 6.07) is 12.4. The molecule has 0 bridgehead atoms. The second kappa shape index (κ2) is 34.7. The molecule has 4 heterocycles. The third kappa shape index (κ3) is 20.4. The van der Waals surface area contributed by atoms with E-state index in [1.165, 1.54) is 71.3 Å². The first-order chi connectivity index (χ1) is 47.3. The number of phenolic OH excluding ortho intramolecular Hbond substituents is 1. The van der Waals surface area contributed by atoms with E-state index in [1.807, 2.05) is 0 Å². The second-order valence-electron chi connectivity index (χ2n) is 24.9. The average Bonchev–Trinajstić information content (AvgIpc) is 1.76. The summed E-state index contributed by atoms with van der Waals surface area (Å²) in [6.45, 7) is 3.69. The number of guanidine groups is 1. The SMILES string of the molecule is CC(=O)N1CC=C[C@H]1C(=O)N[C@H](Cc1ccc(F)cc1)C(=O)N[C@H](Cc1c[nH]c2ccccc12)C(=O)N[C@@H](CO)C(=O)N[C@@H](Cc1ccc(O)cc1)C(=O)N[C@H](Cc1c[nH]c2ccccc12)C(=O)N[C@@H](CC(C)C)C(=O)N[C@@H](CCCN=C(N)N)C(=O)N1CCC[C@@H]1C(=O)NCC(N)=O. The number of phenols is 1. The van der Waals surface area contributed by atoms with E-state index in [0.29, 0.717) is 50.5 Å². The first kappa shape index (κ1) is 73.6. The molecule has 8 rings (SSSR count). The molecule has 9 atom stereocenters. The van der Waals surface area contributed by atoms with Gasteiger partial charge in [0, 0.05) is 86.4 Å². The average molecular weight is 1370 g/mol. The minimum absolute atomic E-state index is 0.00861. The van der Waals surface area contributed by atoms with Crippen LogP contribution in [0.5, 0.6) is 5.75 Å². The van der Waals surface area contributed by atoms with Crippen LogP contribution in [0.3, 0.4) is 0 Å². The predicted octanol–water partition coefficient (Wildman–Crippen LogP) is -0.371. The summed E-state index contributed by atoms with van der Waals surface area (Å²) in [7, 11) is 0. The van der Waals surface area contributed by atoms with Crippen molar-refractivity contribution in [1.29, 1.82) is 0 Å². The number of nitrogens with two attached hydrogens (primary N) is 3. The Kier molecular flexibility index (Phi) is 25.8. The highest BCUT2D eigenvalue weighted by Crippen LogP contribution is 2.24. The zero-order valence-corrected chi connectivity index (χ0v) is 55.1. The molecule has 99 heavy (non-hydrogen) atoms. The number of carbonyl (C=O) groups excluding carboxylic acids is 11. The van der Waals surface area contributed by atoms with Gasteiger partial charge in [-0.1, -0.05) is 86.7 Å². The third-order valence-corrected chi connectivity index (χ3v) is 17.1. The van der Waals surface area contributed by atoms with Gasteiger partial charge in [0.25, 0.3) is 0 Å². The molecule has 0 spiro atoms. The number of aliphatic hydroxyl groups is 1. The molecule has 2 aromatic heterocycles. The van der Waals surface area contributed by atoms with Gasteiger partial charge in [-0.05, 0) is 96.7 Å². The summed E-state index contributed by atoms with van der Waals surface area (Å²) in [4.78, 5) is 168. The number of nitrogens with zero attached hydrogens (tertiary/aromatic N) is 3. The number of hydrogen-bond acceptors (Lipinski definition) is 14. The number of H-pyrrole nitrogens is 2. The lowest BCUT2D eigenvalue weighted by Gasteiger charge is -2.30. The van der Waals surface area contributed by atoms with Crippen LogP contribution in [0.4, 0.5) is 4.39 Å². The molecule has 1 saturated heterocycles. The van der Waals surface area contributed by atoms with E-state index in [-0.39, 0.29) is 88.6 Å². The van der Waals surface area contributed by atoms with Gasteiger partial charge >= 0.3 is 0 Å². The van der Waals surface area contributed by atoms with Gasteiger partial charge in [0.15, 0.2) is 5.96 Å². The van der Waals surface area contributed by atoms with Crippen LogP contribution in [0.15, 0.2) is 127 Å². The first-order valence-corrected chi connectivity index (χ1v) is 32.6.